The molecule has 0 bridgehead atoms. The van der Waals surface area contributed by atoms with Crippen molar-refractivity contribution in [1.82, 2.24) is 5.32 Å². The fourth-order valence-corrected chi connectivity index (χ4v) is 2.48. The molecule has 2 aromatic rings. The summed E-state index contributed by atoms with van der Waals surface area (Å²) in [5, 5.41) is 12.4. The predicted molar refractivity (Wildman–Crippen MR) is 100 cm³/mol. The van der Waals surface area contributed by atoms with Crippen LogP contribution in [0.25, 0.3) is 6.08 Å². The minimum absolute atomic E-state index is 0.0667. The van der Waals surface area contributed by atoms with Gasteiger partial charge in [-0.2, -0.15) is 0 Å². The summed E-state index contributed by atoms with van der Waals surface area (Å²) < 4.78 is 5.64. The number of ether oxygens (including phenoxy) is 1. The van der Waals surface area contributed by atoms with E-state index in [-0.39, 0.29) is 25.2 Å². The summed E-state index contributed by atoms with van der Waals surface area (Å²) in [4.78, 5) is 12.0. The van der Waals surface area contributed by atoms with Crippen molar-refractivity contribution in [3.05, 3.63) is 76.3 Å². The van der Waals surface area contributed by atoms with E-state index in [4.69, 9.17) is 21.4 Å². The third kappa shape index (κ3) is 6.35. The lowest BCUT2D eigenvalue weighted by atomic mass is 10.1. The van der Waals surface area contributed by atoms with Gasteiger partial charge >= 0.3 is 0 Å². The molecule has 0 saturated heterocycles. The molecule has 0 unspecified atom stereocenters. The highest BCUT2D eigenvalue weighted by atomic mass is 35.5. The van der Waals surface area contributed by atoms with Crippen molar-refractivity contribution in [1.29, 1.82) is 0 Å². The van der Waals surface area contributed by atoms with E-state index in [2.05, 4.69) is 5.32 Å². The second-order valence-corrected chi connectivity index (χ2v) is 6.00. The van der Waals surface area contributed by atoms with Crippen LogP contribution in [0.2, 0.25) is 5.02 Å². The van der Waals surface area contributed by atoms with Crippen LogP contribution in [0, 0.1) is 6.92 Å². The minimum atomic E-state index is -0.314. The standard InChI is InChI=1S/C20H22ClNO3/c1-15-6-8-17(9-7-15)19(25-13-12-23)14-22-20(24)11-10-16-4-2-3-5-18(16)21/h2-11,19,23H,12-14H2,1H3,(H,22,24)/b11-10+/t19-/m1/s1. The molecule has 4 nitrogen and oxygen atoms in total. The number of aryl methyl sites for hydroxylation is 1. The number of nitrogens with one attached hydrogen (secondary N) is 1. The molecule has 5 heteroatoms. The molecule has 2 N–H and O–H groups in total. The summed E-state index contributed by atoms with van der Waals surface area (Å²) in [6, 6.07) is 15.2. The van der Waals surface area contributed by atoms with E-state index in [1.54, 1.807) is 12.1 Å². The second kappa shape index (κ2) is 9.99. The molecule has 0 aliphatic carbocycles. The van der Waals surface area contributed by atoms with Gasteiger partial charge in [-0.1, -0.05) is 59.6 Å². The number of hydrogen-bond donors (Lipinski definition) is 2. The SMILES string of the molecule is Cc1ccc([C@@H](CNC(=O)/C=C/c2ccccc2Cl)OCCO)cc1. The Hall–Kier alpha value is -2.14. The van der Waals surface area contributed by atoms with Crippen molar-refractivity contribution >= 4 is 23.6 Å². The van der Waals surface area contributed by atoms with Gasteiger partial charge in [0.15, 0.2) is 0 Å². The number of aliphatic hydroxyl groups excluding tert-OH is 1. The summed E-state index contributed by atoms with van der Waals surface area (Å²) in [5.74, 6) is -0.232. The fraction of sp³-hybridized carbons (Fsp3) is 0.250. The van der Waals surface area contributed by atoms with Crippen LogP contribution in [0.1, 0.15) is 22.8 Å². The quantitative estimate of drug-likeness (QED) is 0.709. The van der Waals surface area contributed by atoms with Crippen molar-refractivity contribution in [2.45, 2.75) is 13.0 Å². The molecule has 0 radical (unpaired) electrons. The van der Waals surface area contributed by atoms with Gasteiger partial charge in [0.1, 0.15) is 0 Å². The van der Waals surface area contributed by atoms with E-state index in [9.17, 15) is 4.79 Å². The van der Waals surface area contributed by atoms with Gasteiger partial charge in [-0.15, -0.1) is 0 Å². The fourth-order valence-electron chi connectivity index (χ4n) is 2.28. The molecule has 2 rings (SSSR count). The zero-order valence-corrected chi connectivity index (χ0v) is 14.9. The van der Waals surface area contributed by atoms with Crippen molar-refractivity contribution in [3.63, 3.8) is 0 Å². The van der Waals surface area contributed by atoms with Crippen LogP contribution in [-0.2, 0) is 9.53 Å². The van der Waals surface area contributed by atoms with Gasteiger partial charge in [-0.3, -0.25) is 4.79 Å². The maximum absolute atomic E-state index is 12.0. The Morgan fingerprint density at radius 1 is 1.24 bits per heavy atom. The van der Waals surface area contributed by atoms with Gasteiger partial charge in [0, 0.05) is 17.6 Å². The smallest absolute Gasteiger partial charge is 0.244 e. The Kier molecular flexibility index (Phi) is 7.67. The van der Waals surface area contributed by atoms with Crippen molar-refractivity contribution in [2.24, 2.45) is 0 Å². The van der Waals surface area contributed by atoms with Crippen LogP contribution in [0.5, 0.6) is 0 Å². The molecule has 0 aliphatic rings. The Balaban J connectivity index is 1.96. The maximum atomic E-state index is 12.0. The largest absolute Gasteiger partial charge is 0.394 e. The van der Waals surface area contributed by atoms with Gasteiger partial charge in [0.2, 0.25) is 5.91 Å². The summed E-state index contributed by atoms with van der Waals surface area (Å²) in [6.45, 7) is 2.47. The Morgan fingerprint density at radius 3 is 2.64 bits per heavy atom. The van der Waals surface area contributed by atoms with E-state index in [0.29, 0.717) is 11.6 Å². The molecule has 0 heterocycles. The maximum Gasteiger partial charge on any atom is 0.244 e. The van der Waals surface area contributed by atoms with E-state index in [0.717, 1.165) is 16.7 Å². The van der Waals surface area contributed by atoms with Crippen LogP contribution in [0.3, 0.4) is 0 Å². The van der Waals surface area contributed by atoms with Crippen LogP contribution < -0.4 is 5.32 Å². The molecule has 0 saturated carbocycles. The highest BCUT2D eigenvalue weighted by molar-refractivity contribution is 6.32. The number of rotatable bonds is 8. The second-order valence-electron chi connectivity index (χ2n) is 5.59. The van der Waals surface area contributed by atoms with E-state index < -0.39 is 0 Å². The molecule has 0 spiro atoms. The Labute approximate surface area is 153 Å². The summed E-state index contributed by atoms with van der Waals surface area (Å²) in [7, 11) is 0. The van der Waals surface area contributed by atoms with Gasteiger partial charge in [-0.25, -0.2) is 0 Å². The van der Waals surface area contributed by atoms with Crippen molar-refractivity contribution in [3.8, 4) is 0 Å². The summed E-state index contributed by atoms with van der Waals surface area (Å²) in [6.07, 6.45) is 2.80. The Morgan fingerprint density at radius 2 is 1.96 bits per heavy atom. The third-order valence-corrected chi connectivity index (χ3v) is 3.98. The van der Waals surface area contributed by atoms with Crippen molar-refractivity contribution < 1.29 is 14.6 Å². The molecular weight excluding hydrogens is 338 g/mol. The predicted octanol–water partition coefficient (Wildman–Crippen LogP) is 3.53. The van der Waals surface area contributed by atoms with Crippen LogP contribution >= 0.6 is 11.6 Å². The molecule has 0 aromatic heterocycles. The first-order valence-corrected chi connectivity index (χ1v) is 8.47. The number of benzene rings is 2. The third-order valence-electron chi connectivity index (χ3n) is 3.64. The van der Waals surface area contributed by atoms with Crippen LogP contribution in [0.4, 0.5) is 0 Å². The van der Waals surface area contributed by atoms with E-state index in [1.165, 1.54) is 6.08 Å². The number of amides is 1. The number of carbonyl (C=O) groups is 1. The van der Waals surface area contributed by atoms with E-state index in [1.807, 2.05) is 49.4 Å². The molecule has 132 valence electrons. The van der Waals surface area contributed by atoms with Gasteiger partial charge in [0.05, 0.1) is 19.3 Å². The normalized spacial score (nSPS) is 12.3. The van der Waals surface area contributed by atoms with Crippen LogP contribution in [0.15, 0.2) is 54.6 Å². The zero-order valence-electron chi connectivity index (χ0n) is 14.1. The monoisotopic (exact) mass is 359 g/mol. The molecular formula is C20H22ClNO3. The molecule has 1 amide bonds. The number of hydrogen-bond acceptors (Lipinski definition) is 3. The van der Waals surface area contributed by atoms with Crippen LogP contribution in [-0.4, -0.2) is 30.8 Å². The first kappa shape index (κ1) is 19.2. The zero-order chi connectivity index (χ0) is 18.1. The minimum Gasteiger partial charge on any atom is -0.394 e. The van der Waals surface area contributed by atoms with Crippen molar-refractivity contribution in [2.75, 3.05) is 19.8 Å². The molecule has 2 aromatic carbocycles. The summed E-state index contributed by atoms with van der Waals surface area (Å²) in [5.41, 5.74) is 2.89. The number of carbonyl (C=O) groups excluding carboxylic acids is 1. The molecule has 1 atom stereocenters. The number of halogens is 1. The number of aliphatic hydroxyl groups is 1. The lowest BCUT2D eigenvalue weighted by Gasteiger charge is -2.18. The average molecular weight is 360 g/mol. The lowest BCUT2D eigenvalue weighted by Crippen LogP contribution is -2.28. The highest BCUT2D eigenvalue weighted by Gasteiger charge is 2.12. The molecule has 0 fully saturated rings. The average Bonchev–Trinajstić information content (AvgIpc) is 2.62. The van der Waals surface area contributed by atoms with Gasteiger partial charge in [0.25, 0.3) is 0 Å². The highest BCUT2D eigenvalue weighted by Crippen LogP contribution is 2.18. The Bertz CT molecular complexity index is 713. The summed E-state index contributed by atoms with van der Waals surface area (Å²) >= 11 is 6.06. The topological polar surface area (TPSA) is 58.6 Å². The molecule has 25 heavy (non-hydrogen) atoms. The van der Waals surface area contributed by atoms with Gasteiger partial charge < -0.3 is 15.2 Å². The first-order valence-electron chi connectivity index (χ1n) is 8.09. The molecule has 0 aliphatic heterocycles. The van der Waals surface area contributed by atoms with Gasteiger partial charge in [-0.05, 0) is 30.2 Å². The first-order chi connectivity index (χ1) is 12.1. The lowest BCUT2D eigenvalue weighted by molar-refractivity contribution is -0.117. The van der Waals surface area contributed by atoms with E-state index >= 15 is 0 Å².